The SMILES string of the molecule is COc1cccc2c1CCC2Nc1ncc(C(=O)N2CCOCC2)cc1Cl. The first-order valence-electron chi connectivity index (χ1n) is 9.12. The van der Waals surface area contributed by atoms with E-state index in [1.165, 1.54) is 11.1 Å². The molecule has 2 heterocycles. The maximum atomic E-state index is 12.6. The predicted octanol–water partition coefficient (Wildman–Crippen LogP) is 3.32. The Labute approximate surface area is 163 Å². The Hall–Kier alpha value is -2.31. The van der Waals surface area contributed by atoms with Gasteiger partial charge in [-0.25, -0.2) is 4.98 Å². The summed E-state index contributed by atoms with van der Waals surface area (Å²) in [7, 11) is 1.69. The molecule has 27 heavy (non-hydrogen) atoms. The fraction of sp³-hybridized carbons (Fsp3) is 0.400. The van der Waals surface area contributed by atoms with Crippen molar-refractivity contribution in [2.75, 3.05) is 38.7 Å². The molecule has 6 nitrogen and oxygen atoms in total. The smallest absolute Gasteiger partial charge is 0.255 e. The number of anilines is 1. The Morgan fingerprint density at radius 3 is 2.93 bits per heavy atom. The fourth-order valence-electron chi connectivity index (χ4n) is 3.74. The number of ether oxygens (including phenoxy) is 2. The van der Waals surface area contributed by atoms with Gasteiger partial charge >= 0.3 is 0 Å². The molecule has 1 amide bonds. The zero-order chi connectivity index (χ0) is 18.8. The molecule has 1 unspecified atom stereocenters. The van der Waals surface area contributed by atoms with Crippen molar-refractivity contribution in [3.63, 3.8) is 0 Å². The number of hydrogen-bond donors (Lipinski definition) is 1. The van der Waals surface area contributed by atoms with Crippen LogP contribution in [0.3, 0.4) is 0 Å². The van der Waals surface area contributed by atoms with Crippen LogP contribution in [0.2, 0.25) is 5.02 Å². The minimum atomic E-state index is -0.0600. The highest BCUT2D eigenvalue weighted by molar-refractivity contribution is 6.33. The van der Waals surface area contributed by atoms with Crippen molar-refractivity contribution in [1.82, 2.24) is 9.88 Å². The van der Waals surface area contributed by atoms with E-state index in [2.05, 4.69) is 16.4 Å². The molecule has 1 atom stereocenters. The minimum Gasteiger partial charge on any atom is -0.496 e. The number of nitrogens with one attached hydrogen (secondary N) is 1. The van der Waals surface area contributed by atoms with Crippen molar-refractivity contribution >= 4 is 23.3 Å². The minimum absolute atomic E-state index is 0.0600. The number of benzene rings is 1. The molecule has 1 aromatic heterocycles. The molecule has 0 saturated carbocycles. The van der Waals surface area contributed by atoms with E-state index in [0.717, 1.165) is 18.6 Å². The number of hydrogen-bond acceptors (Lipinski definition) is 5. The number of carbonyl (C=O) groups is 1. The lowest BCUT2D eigenvalue weighted by atomic mass is 10.1. The van der Waals surface area contributed by atoms with Gasteiger partial charge in [0.05, 0.1) is 37.0 Å². The Bertz CT molecular complexity index is 852. The number of fused-ring (bicyclic) bond motifs is 1. The summed E-state index contributed by atoms with van der Waals surface area (Å²) >= 11 is 6.43. The highest BCUT2D eigenvalue weighted by atomic mass is 35.5. The number of amides is 1. The van der Waals surface area contributed by atoms with Gasteiger partial charge < -0.3 is 19.7 Å². The van der Waals surface area contributed by atoms with Crippen LogP contribution in [0.1, 0.15) is 33.9 Å². The number of carbonyl (C=O) groups excluding carboxylic acids is 1. The maximum absolute atomic E-state index is 12.6. The van der Waals surface area contributed by atoms with E-state index in [1.54, 1.807) is 24.3 Å². The Morgan fingerprint density at radius 2 is 2.19 bits per heavy atom. The van der Waals surface area contributed by atoms with Gasteiger partial charge in [-0.15, -0.1) is 0 Å². The van der Waals surface area contributed by atoms with E-state index >= 15 is 0 Å². The third kappa shape index (κ3) is 3.59. The summed E-state index contributed by atoms with van der Waals surface area (Å²) in [6.07, 6.45) is 3.48. The van der Waals surface area contributed by atoms with E-state index in [1.807, 2.05) is 12.1 Å². The van der Waals surface area contributed by atoms with Gasteiger partial charge in [-0.1, -0.05) is 23.7 Å². The van der Waals surface area contributed by atoms with Gasteiger partial charge in [-0.3, -0.25) is 4.79 Å². The van der Waals surface area contributed by atoms with Gasteiger partial charge in [0.15, 0.2) is 0 Å². The van der Waals surface area contributed by atoms with E-state index in [-0.39, 0.29) is 11.9 Å². The van der Waals surface area contributed by atoms with E-state index in [0.29, 0.717) is 42.7 Å². The Balaban J connectivity index is 1.51. The average Bonchev–Trinajstić information content (AvgIpc) is 3.12. The van der Waals surface area contributed by atoms with Gasteiger partial charge in [-0.05, 0) is 36.1 Å². The zero-order valence-corrected chi connectivity index (χ0v) is 16.0. The number of morpholine rings is 1. The van der Waals surface area contributed by atoms with Gasteiger partial charge in [0.2, 0.25) is 0 Å². The highest BCUT2D eigenvalue weighted by Crippen LogP contribution is 2.39. The predicted molar refractivity (Wildman–Crippen MR) is 104 cm³/mol. The lowest BCUT2D eigenvalue weighted by Gasteiger charge is -2.27. The monoisotopic (exact) mass is 387 g/mol. The van der Waals surface area contributed by atoms with E-state index in [4.69, 9.17) is 21.1 Å². The second kappa shape index (κ2) is 7.74. The molecule has 0 radical (unpaired) electrons. The average molecular weight is 388 g/mol. The molecule has 1 aliphatic heterocycles. The molecular formula is C20H22ClN3O3. The van der Waals surface area contributed by atoms with Gasteiger partial charge in [0, 0.05) is 19.3 Å². The summed E-state index contributed by atoms with van der Waals surface area (Å²) in [5.41, 5.74) is 2.94. The molecular weight excluding hydrogens is 366 g/mol. The molecule has 0 bridgehead atoms. The van der Waals surface area contributed by atoms with Crippen LogP contribution in [0.4, 0.5) is 5.82 Å². The first-order chi connectivity index (χ1) is 13.2. The molecule has 142 valence electrons. The number of halogens is 1. The number of rotatable bonds is 4. The molecule has 1 saturated heterocycles. The van der Waals surface area contributed by atoms with Gasteiger partial charge in [0.25, 0.3) is 5.91 Å². The van der Waals surface area contributed by atoms with Crippen LogP contribution in [-0.2, 0) is 11.2 Å². The molecule has 1 fully saturated rings. The second-order valence-corrected chi connectivity index (χ2v) is 7.13. The summed E-state index contributed by atoms with van der Waals surface area (Å²) in [5, 5.41) is 3.87. The Morgan fingerprint density at radius 1 is 1.37 bits per heavy atom. The van der Waals surface area contributed by atoms with Crippen molar-refractivity contribution in [2.24, 2.45) is 0 Å². The Kier molecular flexibility index (Phi) is 5.18. The summed E-state index contributed by atoms with van der Waals surface area (Å²) in [4.78, 5) is 18.8. The first kappa shape index (κ1) is 18.1. The van der Waals surface area contributed by atoms with Crippen LogP contribution in [-0.4, -0.2) is 49.2 Å². The number of methoxy groups -OCH3 is 1. The van der Waals surface area contributed by atoms with Crippen molar-refractivity contribution in [3.05, 3.63) is 52.2 Å². The van der Waals surface area contributed by atoms with Crippen molar-refractivity contribution in [1.29, 1.82) is 0 Å². The summed E-state index contributed by atoms with van der Waals surface area (Å²) in [6, 6.07) is 7.90. The summed E-state index contributed by atoms with van der Waals surface area (Å²) < 4.78 is 10.8. The number of pyridine rings is 1. The van der Waals surface area contributed by atoms with Crippen molar-refractivity contribution < 1.29 is 14.3 Å². The number of aromatic nitrogens is 1. The molecule has 1 aromatic carbocycles. The molecule has 1 N–H and O–H groups in total. The number of nitrogens with zero attached hydrogens (tertiary/aromatic N) is 2. The summed E-state index contributed by atoms with van der Waals surface area (Å²) in [6.45, 7) is 2.32. The first-order valence-corrected chi connectivity index (χ1v) is 9.50. The van der Waals surface area contributed by atoms with Gasteiger partial charge in [0.1, 0.15) is 11.6 Å². The molecule has 4 rings (SSSR count). The van der Waals surface area contributed by atoms with Crippen molar-refractivity contribution in [3.8, 4) is 5.75 Å². The summed E-state index contributed by atoms with van der Waals surface area (Å²) in [5.74, 6) is 1.45. The van der Waals surface area contributed by atoms with E-state index < -0.39 is 0 Å². The second-order valence-electron chi connectivity index (χ2n) is 6.72. The van der Waals surface area contributed by atoms with Crippen LogP contribution in [0.15, 0.2) is 30.5 Å². The largest absolute Gasteiger partial charge is 0.496 e. The lowest BCUT2D eigenvalue weighted by molar-refractivity contribution is 0.0302. The fourth-order valence-corrected chi connectivity index (χ4v) is 3.96. The maximum Gasteiger partial charge on any atom is 0.255 e. The molecule has 0 spiro atoms. The van der Waals surface area contributed by atoms with Crippen LogP contribution in [0.5, 0.6) is 5.75 Å². The highest BCUT2D eigenvalue weighted by Gasteiger charge is 2.26. The van der Waals surface area contributed by atoms with Crippen molar-refractivity contribution in [2.45, 2.75) is 18.9 Å². The third-order valence-electron chi connectivity index (χ3n) is 5.14. The topological polar surface area (TPSA) is 63.7 Å². The van der Waals surface area contributed by atoms with Crippen LogP contribution in [0.25, 0.3) is 0 Å². The standard InChI is InChI=1S/C20H22ClN3O3/c1-26-18-4-2-3-14-15(18)5-6-17(14)23-19-16(21)11-13(12-22-19)20(25)24-7-9-27-10-8-24/h2-4,11-12,17H,5-10H2,1H3,(H,22,23). The third-order valence-corrected chi connectivity index (χ3v) is 5.43. The quantitative estimate of drug-likeness (QED) is 0.871. The molecule has 2 aliphatic rings. The van der Waals surface area contributed by atoms with Crippen LogP contribution in [0, 0.1) is 0 Å². The normalized spacial score (nSPS) is 18.9. The molecule has 2 aromatic rings. The van der Waals surface area contributed by atoms with Crippen LogP contribution < -0.4 is 10.1 Å². The zero-order valence-electron chi connectivity index (χ0n) is 15.2. The van der Waals surface area contributed by atoms with Gasteiger partial charge in [-0.2, -0.15) is 0 Å². The van der Waals surface area contributed by atoms with E-state index in [9.17, 15) is 4.79 Å². The van der Waals surface area contributed by atoms with Crippen LogP contribution >= 0.6 is 11.6 Å². The lowest BCUT2D eigenvalue weighted by Crippen LogP contribution is -2.40. The molecule has 1 aliphatic carbocycles. The molecule has 7 heteroatoms.